The van der Waals surface area contributed by atoms with Crippen molar-refractivity contribution in [2.75, 3.05) is 75.2 Å². The van der Waals surface area contributed by atoms with E-state index >= 15 is 0 Å². The predicted octanol–water partition coefficient (Wildman–Crippen LogP) is 29.3. The van der Waals surface area contributed by atoms with Gasteiger partial charge in [-0.3, -0.25) is 9.98 Å². The number of ether oxygens (including phenoxy) is 2. The first-order valence-electron chi connectivity index (χ1n) is 46.8. The van der Waals surface area contributed by atoms with Gasteiger partial charge in [-0.1, -0.05) is 286 Å². The Labute approximate surface area is 699 Å². The lowest BCUT2D eigenvalue weighted by Crippen LogP contribution is -2.63. The molecule has 0 saturated carbocycles. The van der Waals surface area contributed by atoms with E-state index in [4.69, 9.17) is 19.5 Å². The van der Waals surface area contributed by atoms with Gasteiger partial charge in [-0.2, -0.15) is 0 Å². The molecule has 2 atom stereocenters. The third kappa shape index (κ3) is 17.6. The van der Waals surface area contributed by atoms with Gasteiger partial charge in [-0.15, -0.1) is 0 Å². The Morgan fingerprint density at radius 1 is 0.284 bits per heavy atom. The highest BCUT2D eigenvalue weighted by Crippen LogP contribution is 2.59. The van der Waals surface area contributed by atoms with Crippen LogP contribution in [-0.2, 0) is 23.7 Å². The average molecular weight is 1560 g/mol. The van der Waals surface area contributed by atoms with Crippen molar-refractivity contribution in [3.63, 3.8) is 0 Å². The van der Waals surface area contributed by atoms with Crippen molar-refractivity contribution < 1.29 is 18.4 Å². The van der Waals surface area contributed by atoms with Crippen LogP contribution in [0.25, 0.3) is 65.3 Å². The maximum Gasteiger partial charge on any atom is 0.228 e. The highest BCUT2D eigenvalue weighted by molar-refractivity contribution is 6.19. The van der Waals surface area contributed by atoms with Gasteiger partial charge in [0.15, 0.2) is 11.5 Å². The first-order valence-corrected chi connectivity index (χ1v) is 46.8. The van der Waals surface area contributed by atoms with E-state index in [0.29, 0.717) is 0 Å². The first kappa shape index (κ1) is 84.2. The van der Waals surface area contributed by atoms with Crippen LogP contribution in [-0.4, -0.2) is 98.3 Å². The lowest BCUT2D eigenvalue weighted by molar-refractivity contribution is -0.923. The van der Waals surface area contributed by atoms with Crippen molar-refractivity contribution in [1.29, 1.82) is 0 Å². The summed E-state index contributed by atoms with van der Waals surface area (Å²) >= 11 is 0. The largest absolute Gasteiger partial charge is 0.459 e. The van der Waals surface area contributed by atoms with Gasteiger partial charge in [0.1, 0.15) is 11.4 Å². The van der Waals surface area contributed by atoms with Crippen LogP contribution in [0.4, 0.5) is 22.7 Å². The van der Waals surface area contributed by atoms with Crippen LogP contribution < -0.4 is 19.3 Å². The number of quaternary nitrogens is 2. The van der Waals surface area contributed by atoms with E-state index < -0.39 is 22.3 Å². The fourth-order valence-electron chi connectivity index (χ4n) is 21.1. The van der Waals surface area contributed by atoms with Crippen LogP contribution >= 0.6 is 0 Å². The standard InChI is InChI=1S/C108H142N6O2/c1-11-113(12-2,13-3)77-51-37-33-29-25-21-17-19-23-27-31-35-39-53-83-63-67-85(68-64-83)87-71-73-91-89-55-41-43-57-93(89)103-101(95(91)79-87)109-81-107(115-103)105(7,8)97-59-45-47-61-99(97)111(107)75-49-50-76-112-100-62-48-46-60-98(100)106(9,10)108(112)82-110-102-96-80-88(72-74-92(96)90-56-42-44-58-94(90)104(102)116-108)86-69-65-84(66-70-86)54-40-36-32-28-24-20-18-22-26-30-34-38-52-78-114(14-4,15-5)16-6/h41-48,55-74,79-82H,11-40,49-54,75-78H2,1-10H3/q+2. The molecule has 0 aliphatic carbocycles. The molecule has 2 unspecified atom stereocenters. The van der Waals surface area contributed by atoms with Crippen molar-refractivity contribution in [3.05, 3.63) is 204 Å². The molecule has 0 N–H and O–H groups in total. The molecule has 2 spiro atoms. The smallest absolute Gasteiger partial charge is 0.228 e. The summed E-state index contributed by atoms with van der Waals surface area (Å²) in [7, 11) is 0. The highest BCUT2D eigenvalue weighted by Gasteiger charge is 2.61. The molecule has 4 heterocycles. The van der Waals surface area contributed by atoms with Crippen LogP contribution in [0.15, 0.2) is 192 Å². The number of rotatable bonds is 45. The van der Waals surface area contributed by atoms with Crippen molar-refractivity contribution in [3.8, 4) is 33.8 Å². The molecule has 0 bridgehead atoms. The molecule has 14 rings (SSSR count). The molecule has 4 aliphatic heterocycles. The molecule has 10 aromatic rings. The highest BCUT2D eigenvalue weighted by atomic mass is 16.5. The van der Waals surface area contributed by atoms with Crippen LogP contribution in [0.3, 0.4) is 0 Å². The van der Waals surface area contributed by atoms with Crippen LogP contribution in [0, 0.1) is 0 Å². The third-order valence-corrected chi connectivity index (χ3v) is 29.3. The Morgan fingerprint density at radius 3 is 0.905 bits per heavy atom. The second-order valence-electron chi connectivity index (χ2n) is 36.5. The second-order valence-corrected chi connectivity index (χ2v) is 36.5. The molecule has 0 fully saturated rings. The summed E-state index contributed by atoms with van der Waals surface area (Å²) in [6, 6.07) is 68.3. The topological polar surface area (TPSA) is 49.7 Å². The van der Waals surface area contributed by atoms with Crippen molar-refractivity contribution in [2.45, 2.75) is 284 Å². The molecule has 8 nitrogen and oxygen atoms in total. The zero-order chi connectivity index (χ0) is 80.6. The molecule has 116 heavy (non-hydrogen) atoms. The number of para-hydroxylation sites is 2. The van der Waals surface area contributed by atoms with E-state index in [2.05, 4.69) is 273 Å². The number of unbranched alkanes of at least 4 members (excludes halogenated alkanes) is 25. The number of anilines is 2. The van der Waals surface area contributed by atoms with Gasteiger partial charge in [-0.25, -0.2) is 0 Å². The normalized spacial score (nSPS) is 17.1. The summed E-state index contributed by atoms with van der Waals surface area (Å²) < 4.78 is 18.4. The van der Waals surface area contributed by atoms with Crippen molar-refractivity contribution >= 4 is 78.3 Å². The number of benzene rings is 10. The van der Waals surface area contributed by atoms with E-state index in [9.17, 15) is 0 Å². The van der Waals surface area contributed by atoms with Gasteiger partial charge in [-0.05, 0) is 224 Å². The molecular formula is C108H142N6O2+2. The molecule has 8 heteroatoms. The van der Waals surface area contributed by atoms with Crippen LogP contribution in [0.2, 0.25) is 0 Å². The molecule has 0 radical (unpaired) electrons. The summed E-state index contributed by atoms with van der Waals surface area (Å²) in [6.07, 6.45) is 44.4. The van der Waals surface area contributed by atoms with E-state index in [1.807, 2.05) is 0 Å². The third-order valence-electron chi connectivity index (χ3n) is 29.3. The first-order chi connectivity index (χ1) is 56.7. The van der Waals surface area contributed by atoms with Crippen LogP contribution in [0.5, 0.6) is 11.5 Å². The average Bonchev–Trinajstić information content (AvgIpc) is 1.51. The van der Waals surface area contributed by atoms with Crippen LogP contribution in [0.1, 0.15) is 271 Å². The maximum absolute atomic E-state index is 7.90. The number of aryl methyl sites for hydroxylation is 2. The summed E-state index contributed by atoms with van der Waals surface area (Å²) in [5.74, 6) is 1.70. The summed E-state index contributed by atoms with van der Waals surface area (Å²) in [5.41, 5.74) is 11.7. The predicted molar refractivity (Wildman–Crippen MR) is 501 cm³/mol. The van der Waals surface area contributed by atoms with E-state index in [1.165, 1.54) is 306 Å². The lowest BCUT2D eigenvalue weighted by atomic mass is 9.77. The number of nitrogens with zero attached hydrogens (tertiary/aromatic N) is 6. The van der Waals surface area contributed by atoms with Crippen molar-refractivity contribution in [2.24, 2.45) is 9.98 Å². The van der Waals surface area contributed by atoms with E-state index in [-0.39, 0.29) is 0 Å². The summed E-state index contributed by atoms with van der Waals surface area (Å²) in [6.45, 7) is 35.6. The molecule has 614 valence electrons. The molecule has 0 saturated heterocycles. The Balaban J connectivity index is 0.607. The van der Waals surface area contributed by atoms with E-state index in [1.54, 1.807) is 0 Å². The van der Waals surface area contributed by atoms with Gasteiger partial charge in [0.25, 0.3) is 0 Å². The quantitative estimate of drug-likeness (QED) is 0.0217. The van der Waals surface area contributed by atoms with Gasteiger partial charge in [0, 0.05) is 46.0 Å². The molecule has 0 aromatic heterocycles. The number of hydrogen-bond acceptors (Lipinski definition) is 6. The lowest BCUT2D eigenvalue weighted by Gasteiger charge is -2.47. The number of fused-ring (bicyclic) bond motifs is 14. The minimum Gasteiger partial charge on any atom is -0.459 e. The zero-order valence-corrected chi connectivity index (χ0v) is 73.3. The van der Waals surface area contributed by atoms with E-state index in [0.717, 1.165) is 83.2 Å². The van der Waals surface area contributed by atoms with Gasteiger partial charge in [0.05, 0.1) is 75.6 Å². The van der Waals surface area contributed by atoms with Gasteiger partial charge >= 0.3 is 0 Å². The molecule has 10 aromatic carbocycles. The van der Waals surface area contributed by atoms with Crippen molar-refractivity contribution in [1.82, 2.24) is 0 Å². The van der Waals surface area contributed by atoms with Gasteiger partial charge < -0.3 is 28.2 Å². The number of aliphatic imine (C=N–C) groups is 2. The zero-order valence-electron chi connectivity index (χ0n) is 73.3. The molecular weight excluding hydrogens is 1410 g/mol. The molecule has 0 amide bonds. The number of hydrogen-bond donors (Lipinski definition) is 0. The Kier molecular flexibility index (Phi) is 28.0. The Morgan fingerprint density at radius 2 is 0.569 bits per heavy atom. The SMILES string of the molecule is CC[N+](CC)(CC)CCCCCCCCCCCCCCCc1ccc(-c2ccc3c(c2)c2c(c4ccccc43)OC3(C=N2)N(CCCCN2c4ccccc4C(C)(C)C24C=Nc2c(c5ccccc5c5ccc(-c6ccc(CCCCCCCCCCCCCCC[N+](CC)(CC)CC)cc6)cc25)O4)c2ccccc2C3(C)C)cc1. The van der Waals surface area contributed by atoms with Gasteiger partial charge in [0.2, 0.25) is 11.4 Å². The Hall–Kier alpha value is -8.30. The minimum absolute atomic E-state index is 0.461. The summed E-state index contributed by atoms with van der Waals surface area (Å²) in [4.78, 5) is 16.4. The maximum atomic E-state index is 7.90. The second kappa shape index (κ2) is 38.6. The summed E-state index contributed by atoms with van der Waals surface area (Å²) in [5, 5.41) is 9.15. The monoisotopic (exact) mass is 1560 g/mol. The Bertz CT molecular complexity index is 4620. The fraction of sp³-hybridized carbons (Fsp3) is 0.500. The molecule has 4 aliphatic rings. The minimum atomic E-state index is -0.902. The fourth-order valence-corrected chi connectivity index (χ4v) is 21.1.